The first-order valence-corrected chi connectivity index (χ1v) is 3.30. The summed E-state index contributed by atoms with van der Waals surface area (Å²) in [6.07, 6.45) is 0. The van der Waals surface area contributed by atoms with Crippen molar-refractivity contribution in [2.24, 2.45) is 0 Å². The van der Waals surface area contributed by atoms with Crippen molar-refractivity contribution in [3.63, 3.8) is 0 Å². The fourth-order valence-electron chi connectivity index (χ4n) is 0.413. The van der Waals surface area contributed by atoms with Crippen LogP contribution in [0, 0.1) is 0 Å². The molecule has 12 heavy (non-hydrogen) atoms. The predicted octanol–water partition coefficient (Wildman–Crippen LogP) is 0.319. The number of carbonyl (C=O) groups is 2. The lowest BCUT2D eigenvalue weighted by atomic mass is 10.3. The van der Waals surface area contributed by atoms with Gasteiger partial charge in [-0.15, -0.1) is 0 Å². The first kappa shape index (κ1) is 10.4. The highest BCUT2D eigenvalue weighted by molar-refractivity contribution is 5.93. The maximum Gasteiger partial charge on any atom is 0.332 e. The van der Waals surface area contributed by atoms with Crippen molar-refractivity contribution < 1.29 is 14.7 Å². The number of amides is 1. The second kappa shape index (κ2) is 4.33. The third-order valence-electron chi connectivity index (χ3n) is 1.15. The first-order chi connectivity index (χ1) is 5.45. The Hall–Kier alpha value is -1.58. The summed E-state index contributed by atoms with van der Waals surface area (Å²) in [5, 5.41) is 10.7. The van der Waals surface area contributed by atoms with Gasteiger partial charge >= 0.3 is 5.97 Å². The van der Waals surface area contributed by atoms with Crippen LogP contribution in [-0.4, -0.2) is 23.5 Å². The molecule has 0 aliphatic carbocycles. The molecule has 0 heterocycles. The number of hydrogen-bond donors (Lipinski definition) is 2. The molecule has 0 rings (SSSR count). The number of rotatable bonds is 4. The van der Waals surface area contributed by atoms with Gasteiger partial charge in [0.15, 0.2) is 0 Å². The van der Waals surface area contributed by atoms with Gasteiger partial charge in [-0.3, -0.25) is 4.79 Å². The Labute approximate surface area is 70.6 Å². The minimum atomic E-state index is -1.11. The molecule has 2 N–H and O–H groups in total. The van der Waals surface area contributed by atoms with Crippen LogP contribution >= 0.6 is 0 Å². The minimum absolute atomic E-state index is 0.0513. The third kappa shape index (κ3) is 3.55. The van der Waals surface area contributed by atoms with Gasteiger partial charge < -0.3 is 10.4 Å². The number of aliphatic carboxylic acids is 1. The Bertz CT molecular complexity index is 217. The van der Waals surface area contributed by atoms with Crippen molar-refractivity contribution in [2.45, 2.75) is 6.92 Å². The number of carbonyl (C=O) groups excluding carboxylic acids is 1. The van der Waals surface area contributed by atoms with E-state index in [1.807, 2.05) is 0 Å². The Balaban J connectivity index is 3.85. The van der Waals surface area contributed by atoms with Crippen LogP contribution in [0.2, 0.25) is 0 Å². The zero-order valence-corrected chi connectivity index (χ0v) is 6.89. The summed E-state index contributed by atoms with van der Waals surface area (Å²) in [5.41, 5.74) is 0.290. The topological polar surface area (TPSA) is 66.4 Å². The quantitative estimate of drug-likeness (QED) is 0.595. The van der Waals surface area contributed by atoms with Crippen molar-refractivity contribution in [3.05, 3.63) is 24.3 Å². The van der Waals surface area contributed by atoms with Gasteiger partial charge in [-0.2, -0.15) is 0 Å². The van der Waals surface area contributed by atoms with Crippen LogP contribution in [0.5, 0.6) is 0 Å². The molecule has 0 saturated carbocycles. The molecule has 4 nitrogen and oxygen atoms in total. The molecule has 0 fully saturated rings. The normalized spacial score (nSPS) is 8.75. The van der Waals surface area contributed by atoms with Crippen LogP contribution in [0.3, 0.4) is 0 Å². The smallest absolute Gasteiger partial charge is 0.332 e. The van der Waals surface area contributed by atoms with Gasteiger partial charge in [0.1, 0.15) is 0 Å². The predicted molar refractivity (Wildman–Crippen MR) is 44.6 cm³/mol. The largest absolute Gasteiger partial charge is 0.478 e. The van der Waals surface area contributed by atoms with E-state index < -0.39 is 5.97 Å². The van der Waals surface area contributed by atoms with Gasteiger partial charge in [0.2, 0.25) is 5.91 Å². The lowest BCUT2D eigenvalue weighted by Crippen LogP contribution is -2.27. The second-order valence-corrected chi connectivity index (χ2v) is 2.37. The summed E-state index contributed by atoms with van der Waals surface area (Å²) < 4.78 is 0. The zero-order chi connectivity index (χ0) is 9.72. The van der Waals surface area contributed by atoms with E-state index in [-0.39, 0.29) is 18.0 Å². The highest BCUT2D eigenvalue weighted by Gasteiger charge is 2.06. The average Bonchev–Trinajstić information content (AvgIpc) is 1.98. The van der Waals surface area contributed by atoms with E-state index in [1.54, 1.807) is 6.92 Å². The third-order valence-corrected chi connectivity index (χ3v) is 1.15. The molecule has 0 radical (unpaired) electrons. The van der Waals surface area contributed by atoms with Crippen LogP contribution in [0.4, 0.5) is 0 Å². The molecule has 66 valence electrons. The molecule has 0 spiro atoms. The lowest BCUT2D eigenvalue weighted by molar-refractivity contribution is -0.132. The van der Waals surface area contributed by atoms with Crippen molar-refractivity contribution in [2.75, 3.05) is 6.54 Å². The van der Waals surface area contributed by atoms with Gasteiger partial charge in [-0.05, 0) is 6.92 Å². The number of carboxylic acid groups (broad SMARTS) is 1. The Morgan fingerprint density at radius 3 is 2.25 bits per heavy atom. The zero-order valence-electron chi connectivity index (χ0n) is 6.89. The van der Waals surface area contributed by atoms with E-state index in [0.717, 1.165) is 0 Å². The molecule has 0 aliphatic rings. The van der Waals surface area contributed by atoms with Crippen molar-refractivity contribution >= 4 is 11.9 Å². The molecule has 1 amide bonds. The summed E-state index contributed by atoms with van der Waals surface area (Å²) in [5.74, 6) is -1.48. The highest BCUT2D eigenvalue weighted by Crippen LogP contribution is 1.89. The van der Waals surface area contributed by atoms with Crippen molar-refractivity contribution in [3.8, 4) is 0 Å². The standard InChI is InChI=1S/C8H11NO3/c1-5(2)7(10)9-4-6(3)8(11)12/h1,3-4H2,2H3,(H,9,10)(H,11,12). The number of carboxylic acids is 1. The number of nitrogens with one attached hydrogen (secondary N) is 1. The Morgan fingerprint density at radius 2 is 1.92 bits per heavy atom. The van der Waals surface area contributed by atoms with Gasteiger partial charge in [-0.25, -0.2) is 4.79 Å². The van der Waals surface area contributed by atoms with Gasteiger partial charge in [-0.1, -0.05) is 13.2 Å². The van der Waals surface area contributed by atoms with Crippen LogP contribution < -0.4 is 5.32 Å². The second-order valence-electron chi connectivity index (χ2n) is 2.37. The van der Waals surface area contributed by atoms with E-state index in [1.165, 1.54) is 0 Å². The summed E-state index contributed by atoms with van der Waals surface area (Å²) in [7, 11) is 0. The fourth-order valence-corrected chi connectivity index (χ4v) is 0.413. The monoisotopic (exact) mass is 169 g/mol. The van der Waals surface area contributed by atoms with Crippen LogP contribution in [0.25, 0.3) is 0 Å². The maximum atomic E-state index is 10.8. The average molecular weight is 169 g/mol. The molecule has 0 aromatic heterocycles. The summed E-state index contributed by atoms with van der Waals surface area (Å²) in [6.45, 7) is 8.12. The molecular weight excluding hydrogens is 158 g/mol. The van der Waals surface area contributed by atoms with Gasteiger partial charge in [0.25, 0.3) is 0 Å². The maximum absolute atomic E-state index is 10.8. The molecular formula is C8H11NO3. The summed E-state index contributed by atoms with van der Waals surface area (Å²) >= 11 is 0. The molecule has 0 unspecified atom stereocenters. The van der Waals surface area contributed by atoms with E-state index >= 15 is 0 Å². The first-order valence-electron chi connectivity index (χ1n) is 3.30. The van der Waals surface area contributed by atoms with Gasteiger partial charge in [0, 0.05) is 17.7 Å². The summed E-state index contributed by atoms with van der Waals surface area (Å²) in [6, 6.07) is 0. The molecule has 0 aromatic carbocycles. The van der Waals surface area contributed by atoms with E-state index in [0.29, 0.717) is 5.57 Å². The molecule has 0 bridgehead atoms. The minimum Gasteiger partial charge on any atom is -0.478 e. The Morgan fingerprint density at radius 1 is 1.42 bits per heavy atom. The Kier molecular flexibility index (Phi) is 3.76. The molecule has 0 aromatic rings. The SMILES string of the molecule is C=C(C)C(=O)NCC(=C)C(=O)O. The van der Waals surface area contributed by atoms with Crippen molar-refractivity contribution in [1.29, 1.82) is 0 Å². The van der Waals surface area contributed by atoms with E-state index in [2.05, 4.69) is 18.5 Å². The van der Waals surface area contributed by atoms with Crippen LogP contribution in [-0.2, 0) is 9.59 Å². The molecule has 0 aliphatic heterocycles. The number of hydrogen-bond acceptors (Lipinski definition) is 2. The van der Waals surface area contributed by atoms with Crippen molar-refractivity contribution in [1.82, 2.24) is 5.32 Å². The van der Waals surface area contributed by atoms with Crippen LogP contribution in [0.1, 0.15) is 6.92 Å². The van der Waals surface area contributed by atoms with Gasteiger partial charge in [0.05, 0.1) is 0 Å². The highest BCUT2D eigenvalue weighted by atomic mass is 16.4. The van der Waals surface area contributed by atoms with Crippen LogP contribution in [0.15, 0.2) is 24.3 Å². The lowest BCUT2D eigenvalue weighted by Gasteiger charge is -2.03. The summed E-state index contributed by atoms with van der Waals surface area (Å²) in [4.78, 5) is 21.0. The molecule has 0 atom stereocenters. The van der Waals surface area contributed by atoms with E-state index in [9.17, 15) is 9.59 Å². The molecule has 4 heteroatoms. The fraction of sp³-hybridized carbons (Fsp3) is 0.250. The van der Waals surface area contributed by atoms with E-state index in [4.69, 9.17) is 5.11 Å². The molecule has 0 saturated heterocycles.